The van der Waals surface area contributed by atoms with E-state index in [9.17, 15) is 13.6 Å². The Morgan fingerprint density at radius 3 is 2.29 bits per heavy atom. The second-order valence-corrected chi connectivity index (χ2v) is 7.15. The molecule has 2 N–H and O–H groups in total. The monoisotopic (exact) mass is 403 g/mol. The van der Waals surface area contributed by atoms with Crippen molar-refractivity contribution in [3.05, 3.63) is 65.2 Å². The van der Waals surface area contributed by atoms with Gasteiger partial charge in [-0.2, -0.15) is 8.78 Å². The first-order valence-corrected chi connectivity index (χ1v) is 9.47. The molecule has 0 saturated heterocycles. The molecule has 0 spiro atoms. The topological polar surface area (TPSA) is 63.2 Å². The fourth-order valence-corrected chi connectivity index (χ4v) is 3.14. The third kappa shape index (κ3) is 5.26. The first-order valence-electron chi connectivity index (χ1n) is 8.59. The van der Waals surface area contributed by atoms with Crippen LogP contribution in [0.25, 0.3) is 0 Å². The molecule has 0 radical (unpaired) electrons. The number of alkyl halides is 2. The van der Waals surface area contributed by atoms with Crippen LogP contribution in [0.2, 0.25) is 0 Å². The normalized spacial score (nSPS) is 10.9. The number of benzene rings is 2. The molecule has 1 aromatic heterocycles. The van der Waals surface area contributed by atoms with Gasteiger partial charge in [-0.25, -0.2) is 4.98 Å². The van der Waals surface area contributed by atoms with Crippen LogP contribution in [0, 0.1) is 0 Å². The molecule has 28 heavy (non-hydrogen) atoms. The van der Waals surface area contributed by atoms with Crippen LogP contribution in [-0.4, -0.2) is 17.5 Å². The van der Waals surface area contributed by atoms with Crippen LogP contribution in [0.5, 0.6) is 5.75 Å². The van der Waals surface area contributed by atoms with Gasteiger partial charge in [-0.15, -0.1) is 11.3 Å². The second-order valence-electron chi connectivity index (χ2n) is 6.30. The number of amides is 1. The van der Waals surface area contributed by atoms with Gasteiger partial charge in [0.1, 0.15) is 11.4 Å². The SMILES string of the molecule is CC(C)c1ccc(NC(=O)c2csc(Nc3ccc(OC(F)F)cc3)n2)cc1. The number of rotatable bonds is 7. The summed E-state index contributed by atoms with van der Waals surface area (Å²) in [7, 11) is 0. The van der Waals surface area contributed by atoms with Crippen molar-refractivity contribution in [3.63, 3.8) is 0 Å². The number of halogens is 2. The van der Waals surface area contributed by atoms with Crippen molar-refractivity contribution < 1.29 is 18.3 Å². The maximum absolute atomic E-state index is 12.4. The average Bonchev–Trinajstić information content (AvgIpc) is 3.12. The number of carbonyl (C=O) groups is 1. The molecule has 0 aliphatic rings. The lowest BCUT2D eigenvalue weighted by atomic mass is 10.0. The molecule has 0 aliphatic heterocycles. The minimum Gasteiger partial charge on any atom is -0.435 e. The Morgan fingerprint density at radius 2 is 1.68 bits per heavy atom. The lowest BCUT2D eigenvalue weighted by molar-refractivity contribution is -0.0498. The van der Waals surface area contributed by atoms with Crippen molar-refractivity contribution in [1.29, 1.82) is 0 Å². The van der Waals surface area contributed by atoms with Gasteiger partial charge in [-0.3, -0.25) is 4.79 Å². The van der Waals surface area contributed by atoms with Gasteiger partial charge >= 0.3 is 6.61 Å². The Labute approximate surface area is 165 Å². The minimum atomic E-state index is -2.86. The van der Waals surface area contributed by atoms with E-state index in [2.05, 4.69) is 34.2 Å². The van der Waals surface area contributed by atoms with Gasteiger partial charge < -0.3 is 15.4 Å². The molecule has 0 saturated carbocycles. The fourth-order valence-electron chi connectivity index (χ4n) is 2.43. The predicted octanol–water partition coefficient (Wildman–Crippen LogP) is 5.86. The molecule has 8 heteroatoms. The number of thiazole rings is 1. The smallest absolute Gasteiger partial charge is 0.387 e. The summed E-state index contributed by atoms with van der Waals surface area (Å²) in [5, 5.41) is 8.01. The van der Waals surface area contributed by atoms with Crippen LogP contribution in [0.3, 0.4) is 0 Å². The van der Waals surface area contributed by atoms with E-state index in [0.717, 1.165) is 0 Å². The minimum absolute atomic E-state index is 0.0724. The van der Waals surface area contributed by atoms with Gasteiger partial charge in [0.2, 0.25) is 0 Å². The number of carbonyl (C=O) groups excluding carboxylic acids is 1. The standard InChI is InChI=1S/C20H19F2N3O2S/c1-12(2)13-3-5-14(6-4-13)23-18(26)17-11-28-20(25-17)24-15-7-9-16(10-8-15)27-19(21)22/h3-12,19H,1-2H3,(H,23,26)(H,24,25). The zero-order chi connectivity index (χ0) is 20.1. The van der Waals surface area contributed by atoms with Crippen LogP contribution < -0.4 is 15.4 Å². The van der Waals surface area contributed by atoms with Crippen molar-refractivity contribution in [3.8, 4) is 5.75 Å². The van der Waals surface area contributed by atoms with Crippen LogP contribution in [0.4, 0.5) is 25.3 Å². The Hall–Kier alpha value is -3.00. The van der Waals surface area contributed by atoms with Crippen molar-refractivity contribution in [1.82, 2.24) is 4.98 Å². The number of nitrogens with zero attached hydrogens (tertiary/aromatic N) is 1. The molecule has 1 heterocycles. The van der Waals surface area contributed by atoms with Gasteiger partial charge in [0, 0.05) is 16.8 Å². The Kier molecular flexibility index (Phi) is 6.20. The number of ether oxygens (including phenoxy) is 1. The van der Waals surface area contributed by atoms with Crippen molar-refractivity contribution >= 4 is 33.8 Å². The Bertz CT molecular complexity index is 925. The van der Waals surface area contributed by atoms with Gasteiger partial charge in [0.25, 0.3) is 5.91 Å². The number of nitrogens with one attached hydrogen (secondary N) is 2. The number of hydrogen-bond acceptors (Lipinski definition) is 5. The van der Waals surface area contributed by atoms with E-state index in [1.165, 1.54) is 29.0 Å². The van der Waals surface area contributed by atoms with Crippen LogP contribution >= 0.6 is 11.3 Å². The molecular weight excluding hydrogens is 384 g/mol. The summed E-state index contributed by atoms with van der Waals surface area (Å²) in [5.74, 6) is 0.193. The zero-order valence-electron chi connectivity index (χ0n) is 15.3. The molecular formula is C20H19F2N3O2S. The lowest BCUT2D eigenvalue weighted by Crippen LogP contribution is -2.12. The van der Waals surface area contributed by atoms with Crippen molar-refractivity contribution in [2.45, 2.75) is 26.4 Å². The quantitative estimate of drug-likeness (QED) is 0.518. The fraction of sp³-hybridized carbons (Fsp3) is 0.200. The van der Waals surface area contributed by atoms with Gasteiger partial charge in [-0.05, 0) is 47.9 Å². The zero-order valence-corrected chi connectivity index (χ0v) is 16.1. The number of hydrogen-bond donors (Lipinski definition) is 2. The first kappa shape index (κ1) is 19.8. The molecule has 3 aromatic rings. The molecule has 0 unspecified atom stereocenters. The summed E-state index contributed by atoms with van der Waals surface area (Å²) >= 11 is 1.27. The van der Waals surface area contributed by atoms with E-state index in [1.54, 1.807) is 17.5 Å². The number of aromatic nitrogens is 1. The highest BCUT2D eigenvalue weighted by molar-refractivity contribution is 7.14. The maximum Gasteiger partial charge on any atom is 0.387 e. The van der Waals surface area contributed by atoms with E-state index in [1.807, 2.05) is 24.3 Å². The summed E-state index contributed by atoms with van der Waals surface area (Å²) in [6, 6.07) is 13.7. The largest absolute Gasteiger partial charge is 0.435 e. The molecule has 146 valence electrons. The highest BCUT2D eigenvalue weighted by atomic mass is 32.1. The summed E-state index contributed by atoms with van der Waals surface area (Å²) in [5.41, 5.74) is 2.83. The van der Waals surface area contributed by atoms with Crippen molar-refractivity contribution in [2.75, 3.05) is 10.6 Å². The molecule has 0 atom stereocenters. The van der Waals surface area contributed by atoms with Gasteiger partial charge in [0.15, 0.2) is 5.13 Å². The van der Waals surface area contributed by atoms with Crippen LogP contribution in [-0.2, 0) is 0 Å². The summed E-state index contributed by atoms with van der Waals surface area (Å²) in [6.07, 6.45) is 0. The van der Waals surface area contributed by atoms with Gasteiger partial charge in [-0.1, -0.05) is 26.0 Å². The van der Waals surface area contributed by atoms with E-state index in [0.29, 0.717) is 22.4 Å². The average molecular weight is 403 g/mol. The Balaban J connectivity index is 1.60. The summed E-state index contributed by atoms with van der Waals surface area (Å²) < 4.78 is 28.7. The van der Waals surface area contributed by atoms with E-state index >= 15 is 0 Å². The highest BCUT2D eigenvalue weighted by Gasteiger charge is 2.12. The summed E-state index contributed by atoms with van der Waals surface area (Å²) in [4.78, 5) is 16.6. The van der Waals surface area contributed by atoms with E-state index < -0.39 is 6.61 Å². The molecule has 0 fully saturated rings. The number of anilines is 3. The lowest BCUT2D eigenvalue weighted by Gasteiger charge is -2.07. The molecule has 1 amide bonds. The third-order valence-electron chi connectivity index (χ3n) is 3.90. The van der Waals surface area contributed by atoms with Crippen LogP contribution in [0.15, 0.2) is 53.9 Å². The maximum atomic E-state index is 12.4. The predicted molar refractivity (Wildman–Crippen MR) is 107 cm³/mol. The second kappa shape index (κ2) is 8.79. The van der Waals surface area contributed by atoms with Crippen molar-refractivity contribution in [2.24, 2.45) is 0 Å². The molecule has 3 rings (SSSR count). The van der Waals surface area contributed by atoms with Crippen LogP contribution in [0.1, 0.15) is 35.8 Å². The molecule has 2 aromatic carbocycles. The van der Waals surface area contributed by atoms with E-state index in [-0.39, 0.29) is 17.4 Å². The molecule has 0 aliphatic carbocycles. The first-order chi connectivity index (χ1) is 13.4. The van der Waals surface area contributed by atoms with Gasteiger partial charge in [0.05, 0.1) is 0 Å². The van der Waals surface area contributed by atoms with E-state index in [4.69, 9.17) is 0 Å². The summed E-state index contributed by atoms with van der Waals surface area (Å²) in [6.45, 7) is 1.36. The third-order valence-corrected chi connectivity index (χ3v) is 4.66. The highest BCUT2D eigenvalue weighted by Crippen LogP contribution is 2.24. The Morgan fingerprint density at radius 1 is 1.04 bits per heavy atom. The molecule has 5 nitrogen and oxygen atoms in total. The molecule has 0 bridgehead atoms.